The Labute approximate surface area is 92.7 Å². The van der Waals surface area contributed by atoms with Crippen LogP contribution in [0.5, 0.6) is 0 Å². The van der Waals surface area contributed by atoms with Crippen LogP contribution in [0.1, 0.15) is 39.5 Å². The molecule has 0 bridgehead atoms. The number of piperidine rings is 1. The van der Waals surface area contributed by atoms with Gasteiger partial charge in [-0.2, -0.15) is 0 Å². The van der Waals surface area contributed by atoms with E-state index in [-0.39, 0.29) is 11.6 Å². The van der Waals surface area contributed by atoms with Gasteiger partial charge in [0.05, 0.1) is 11.6 Å². The molecule has 2 aliphatic rings. The standard InChI is InChI=1S/C13H21NO/c1-4-13(2,3)14-9-8-12(15)10-6-5-7-11(10)14/h1,10-12,15H,5-9H2,2-3H3/t10-,11+,12-/m1/s1. The molecule has 2 nitrogen and oxygen atoms in total. The van der Waals surface area contributed by atoms with Crippen molar-refractivity contribution in [2.75, 3.05) is 6.54 Å². The van der Waals surface area contributed by atoms with Crippen molar-refractivity contribution in [2.24, 2.45) is 5.92 Å². The molecule has 2 fully saturated rings. The molecule has 3 atom stereocenters. The fourth-order valence-corrected chi connectivity index (χ4v) is 3.23. The van der Waals surface area contributed by atoms with Crippen molar-refractivity contribution >= 4 is 0 Å². The highest BCUT2D eigenvalue weighted by molar-refractivity contribution is 5.12. The van der Waals surface area contributed by atoms with Crippen molar-refractivity contribution < 1.29 is 5.11 Å². The Balaban J connectivity index is 2.18. The van der Waals surface area contributed by atoms with Gasteiger partial charge in [-0.3, -0.25) is 4.90 Å². The number of aliphatic hydroxyl groups excluding tert-OH is 1. The number of nitrogens with zero attached hydrogens (tertiary/aromatic N) is 1. The molecule has 0 aromatic rings. The number of hydrogen-bond donors (Lipinski definition) is 1. The highest BCUT2D eigenvalue weighted by atomic mass is 16.3. The summed E-state index contributed by atoms with van der Waals surface area (Å²) in [4.78, 5) is 2.43. The van der Waals surface area contributed by atoms with E-state index in [1.54, 1.807) is 0 Å². The molecule has 2 rings (SSSR count). The summed E-state index contributed by atoms with van der Waals surface area (Å²) in [5.74, 6) is 3.35. The summed E-state index contributed by atoms with van der Waals surface area (Å²) in [6.07, 6.45) is 10.00. The van der Waals surface area contributed by atoms with Gasteiger partial charge in [-0.15, -0.1) is 6.42 Å². The lowest BCUT2D eigenvalue weighted by atomic mass is 9.85. The van der Waals surface area contributed by atoms with Crippen molar-refractivity contribution in [3.8, 4) is 12.3 Å². The van der Waals surface area contributed by atoms with Gasteiger partial charge in [-0.25, -0.2) is 0 Å². The minimum absolute atomic E-state index is 0.0951. The summed E-state index contributed by atoms with van der Waals surface area (Å²) >= 11 is 0. The van der Waals surface area contributed by atoms with E-state index in [1.807, 2.05) is 0 Å². The molecule has 1 saturated heterocycles. The Kier molecular flexibility index (Phi) is 2.79. The van der Waals surface area contributed by atoms with Crippen LogP contribution in [-0.2, 0) is 0 Å². The normalized spacial score (nSPS) is 37.3. The van der Waals surface area contributed by atoms with E-state index in [0.29, 0.717) is 12.0 Å². The van der Waals surface area contributed by atoms with E-state index in [4.69, 9.17) is 6.42 Å². The highest BCUT2D eigenvalue weighted by Gasteiger charge is 2.44. The Morgan fingerprint density at radius 2 is 2.07 bits per heavy atom. The smallest absolute Gasteiger partial charge is 0.0768 e. The monoisotopic (exact) mass is 207 g/mol. The van der Waals surface area contributed by atoms with Gasteiger partial charge < -0.3 is 5.11 Å². The molecule has 0 radical (unpaired) electrons. The zero-order valence-corrected chi connectivity index (χ0v) is 9.74. The van der Waals surface area contributed by atoms with E-state index in [0.717, 1.165) is 13.0 Å². The second kappa shape index (κ2) is 3.81. The van der Waals surface area contributed by atoms with Gasteiger partial charge in [0.25, 0.3) is 0 Å². The number of rotatable bonds is 1. The highest BCUT2D eigenvalue weighted by Crippen LogP contribution is 2.39. The average molecular weight is 207 g/mol. The molecule has 0 unspecified atom stereocenters. The molecule has 0 aromatic heterocycles. The zero-order chi connectivity index (χ0) is 11.1. The second-order valence-electron chi connectivity index (χ2n) is 5.41. The maximum absolute atomic E-state index is 9.96. The Morgan fingerprint density at radius 3 is 2.73 bits per heavy atom. The maximum atomic E-state index is 9.96. The third kappa shape index (κ3) is 1.79. The summed E-state index contributed by atoms with van der Waals surface area (Å²) in [6.45, 7) is 5.17. The lowest BCUT2D eigenvalue weighted by molar-refractivity contribution is -0.0300. The first-order chi connectivity index (χ1) is 7.06. The molecule has 84 valence electrons. The van der Waals surface area contributed by atoms with Crippen LogP contribution in [0.25, 0.3) is 0 Å². The third-order valence-electron chi connectivity index (χ3n) is 4.16. The number of aliphatic hydroxyl groups is 1. The van der Waals surface area contributed by atoms with Crippen LogP contribution >= 0.6 is 0 Å². The van der Waals surface area contributed by atoms with E-state index < -0.39 is 0 Å². The molecule has 1 heterocycles. The molecule has 1 N–H and O–H groups in total. The van der Waals surface area contributed by atoms with Gasteiger partial charge >= 0.3 is 0 Å². The fraction of sp³-hybridized carbons (Fsp3) is 0.846. The van der Waals surface area contributed by atoms with Crippen molar-refractivity contribution in [2.45, 2.75) is 57.2 Å². The largest absolute Gasteiger partial charge is 0.393 e. The molecule has 1 saturated carbocycles. The molecule has 15 heavy (non-hydrogen) atoms. The predicted molar refractivity (Wildman–Crippen MR) is 61.4 cm³/mol. The lowest BCUT2D eigenvalue weighted by Crippen LogP contribution is -2.56. The number of fused-ring (bicyclic) bond motifs is 1. The summed E-state index contributed by atoms with van der Waals surface area (Å²) in [7, 11) is 0. The summed E-state index contributed by atoms with van der Waals surface area (Å²) in [6, 6.07) is 0.514. The van der Waals surface area contributed by atoms with Crippen molar-refractivity contribution in [3.05, 3.63) is 0 Å². The van der Waals surface area contributed by atoms with Crippen LogP contribution in [0.3, 0.4) is 0 Å². The Bertz CT molecular complexity index is 279. The number of likely N-dealkylation sites (tertiary alicyclic amines) is 1. The molecule has 1 aliphatic carbocycles. The van der Waals surface area contributed by atoms with Crippen LogP contribution in [-0.4, -0.2) is 34.2 Å². The molecule has 1 aliphatic heterocycles. The van der Waals surface area contributed by atoms with E-state index in [2.05, 4.69) is 24.7 Å². The van der Waals surface area contributed by atoms with Gasteiger partial charge in [-0.1, -0.05) is 12.3 Å². The van der Waals surface area contributed by atoms with E-state index >= 15 is 0 Å². The first-order valence-corrected chi connectivity index (χ1v) is 5.99. The topological polar surface area (TPSA) is 23.5 Å². The molecule has 0 spiro atoms. The number of hydrogen-bond acceptors (Lipinski definition) is 2. The minimum Gasteiger partial charge on any atom is -0.393 e. The van der Waals surface area contributed by atoms with E-state index in [9.17, 15) is 5.11 Å². The lowest BCUT2D eigenvalue weighted by Gasteiger charge is -2.46. The van der Waals surface area contributed by atoms with Crippen LogP contribution in [0, 0.1) is 18.3 Å². The Hall–Kier alpha value is -0.520. The summed E-state index contributed by atoms with van der Waals surface area (Å²) in [5.41, 5.74) is -0.159. The summed E-state index contributed by atoms with van der Waals surface area (Å²) in [5, 5.41) is 9.96. The van der Waals surface area contributed by atoms with Crippen molar-refractivity contribution in [3.63, 3.8) is 0 Å². The fourth-order valence-electron chi connectivity index (χ4n) is 3.23. The first kappa shape index (κ1) is 11.0. The van der Waals surface area contributed by atoms with Gasteiger partial charge in [0.1, 0.15) is 0 Å². The first-order valence-electron chi connectivity index (χ1n) is 5.99. The second-order valence-corrected chi connectivity index (χ2v) is 5.41. The molecule has 2 heteroatoms. The SMILES string of the molecule is C#CC(C)(C)N1CC[C@@H](O)[C@@H]2CCC[C@@H]21. The average Bonchev–Trinajstić information content (AvgIpc) is 2.67. The predicted octanol–water partition coefficient (Wildman–Crippen LogP) is 1.63. The Morgan fingerprint density at radius 1 is 1.33 bits per heavy atom. The summed E-state index contributed by atoms with van der Waals surface area (Å²) < 4.78 is 0. The van der Waals surface area contributed by atoms with Gasteiger partial charge in [0.2, 0.25) is 0 Å². The van der Waals surface area contributed by atoms with Gasteiger partial charge in [0.15, 0.2) is 0 Å². The molecular weight excluding hydrogens is 186 g/mol. The van der Waals surface area contributed by atoms with Gasteiger partial charge in [-0.05, 0) is 33.1 Å². The van der Waals surface area contributed by atoms with Crippen LogP contribution in [0.4, 0.5) is 0 Å². The van der Waals surface area contributed by atoms with Crippen molar-refractivity contribution in [1.29, 1.82) is 0 Å². The van der Waals surface area contributed by atoms with Crippen molar-refractivity contribution in [1.82, 2.24) is 4.90 Å². The molecule has 0 amide bonds. The van der Waals surface area contributed by atoms with Gasteiger partial charge in [0, 0.05) is 18.5 Å². The minimum atomic E-state index is -0.159. The maximum Gasteiger partial charge on any atom is 0.0768 e. The van der Waals surface area contributed by atoms with Crippen LogP contribution in [0.15, 0.2) is 0 Å². The van der Waals surface area contributed by atoms with E-state index in [1.165, 1.54) is 19.3 Å². The quantitative estimate of drug-likeness (QED) is 0.661. The van der Waals surface area contributed by atoms with Crippen LogP contribution < -0.4 is 0 Å². The zero-order valence-electron chi connectivity index (χ0n) is 9.74. The number of terminal acetylenes is 1. The molecular formula is C13H21NO. The third-order valence-corrected chi connectivity index (χ3v) is 4.16. The molecule has 0 aromatic carbocycles. The van der Waals surface area contributed by atoms with Crippen LogP contribution in [0.2, 0.25) is 0 Å².